The third-order valence-corrected chi connectivity index (χ3v) is 3.76. The van der Waals surface area contributed by atoms with Crippen molar-refractivity contribution in [3.8, 4) is 6.07 Å². The molecule has 148 valence electrons. The summed E-state index contributed by atoms with van der Waals surface area (Å²) in [6.07, 6.45) is 3.99. The maximum absolute atomic E-state index is 11.2. The minimum absolute atomic E-state index is 0.453. The second-order valence-corrected chi connectivity index (χ2v) is 7.19. The summed E-state index contributed by atoms with van der Waals surface area (Å²) in [6, 6.07) is 5.13. The van der Waals surface area contributed by atoms with Gasteiger partial charge in [-0.2, -0.15) is 5.26 Å². The van der Waals surface area contributed by atoms with E-state index in [0.29, 0.717) is 12.0 Å². The molecule has 0 bridgehead atoms. The van der Waals surface area contributed by atoms with E-state index in [1.54, 1.807) is 40.0 Å². The molecule has 0 radical (unpaired) electrons. The number of anilines is 1. The Hall–Kier alpha value is -2.82. The van der Waals surface area contributed by atoms with Crippen molar-refractivity contribution < 1.29 is 14.3 Å². The highest BCUT2D eigenvalue weighted by Gasteiger charge is 2.21. The van der Waals surface area contributed by atoms with Crippen molar-refractivity contribution in [2.24, 2.45) is 5.73 Å². The lowest BCUT2D eigenvalue weighted by atomic mass is 10.2. The van der Waals surface area contributed by atoms with E-state index in [2.05, 4.69) is 21.3 Å². The Labute approximate surface area is 160 Å². The summed E-state index contributed by atoms with van der Waals surface area (Å²) in [5, 5.41) is 11.2. The van der Waals surface area contributed by atoms with Gasteiger partial charge in [0.25, 0.3) is 0 Å². The molecule has 2 rings (SSSR count). The Balaban J connectivity index is 0.000000270. The van der Waals surface area contributed by atoms with Gasteiger partial charge in [0.2, 0.25) is 5.91 Å². The van der Waals surface area contributed by atoms with Crippen LogP contribution in [0.1, 0.15) is 52.5 Å². The Bertz CT molecular complexity index is 673. The minimum atomic E-state index is -0.662. The number of ether oxygens (including phenoxy) is 1. The molecule has 1 atom stereocenters. The third kappa shape index (κ3) is 7.94. The van der Waals surface area contributed by atoms with E-state index >= 15 is 0 Å². The second kappa shape index (κ2) is 10.4. The summed E-state index contributed by atoms with van der Waals surface area (Å²) in [6.45, 7) is 9.07. The van der Waals surface area contributed by atoms with Gasteiger partial charge in [0, 0.05) is 19.3 Å². The highest BCUT2D eigenvalue weighted by atomic mass is 16.6. The van der Waals surface area contributed by atoms with Gasteiger partial charge in [-0.25, -0.2) is 9.78 Å². The number of carbonyl (C=O) groups is 2. The summed E-state index contributed by atoms with van der Waals surface area (Å²) in [5.74, 6) is 0.292. The van der Waals surface area contributed by atoms with Crippen LogP contribution in [0.4, 0.5) is 10.6 Å². The van der Waals surface area contributed by atoms with Crippen LogP contribution in [0.25, 0.3) is 0 Å². The molecule has 1 aliphatic heterocycles. The van der Waals surface area contributed by atoms with Crippen LogP contribution in [0.15, 0.2) is 18.3 Å². The van der Waals surface area contributed by atoms with Crippen molar-refractivity contribution >= 4 is 17.8 Å². The number of nitrogens with two attached hydrogens (primary N) is 1. The van der Waals surface area contributed by atoms with Crippen molar-refractivity contribution in [3.05, 3.63) is 23.9 Å². The molecule has 3 N–H and O–H groups in total. The molecule has 1 aromatic rings. The van der Waals surface area contributed by atoms with E-state index in [0.717, 1.165) is 18.9 Å². The summed E-state index contributed by atoms with van der Waals surface area (Å²) < 4.78 is 4.96. The lowest BCUT2D eigenvalue weighted by Gasteiger charge is -2.21. The number of hydrogen-bond acceptors (Lipinski definition) is 6. The maximum Gasteiger partial charge on any atom is 0.408 e. The molecule has 0 saturated carbocycles. The molecule has 1 saturated heterocycles. The molecule has 2 heterocycles. The van der Waals surface area contributed by atoms with Gasteiger partial charge in [-0.15, -0.1) is 0 Å². The first kappa shape index (κ1) is 22.2. The fraction of sp³-hybridized carbons (Fsp3) is 0.579. The molecule has 2 amide bonds. The summed E-state index contributed by atoms with van der Waals surface area (Å²) in [5.41, 5.74) is 5.17. The average Bonchev–Trinajstić information content (AvgIpc) is 3.13. The van der Waals surface area contributed by atoms with Gasteiger partial charge in [0.05, 0.1) is 5.56 Å². The Morgan fingerprint density at radius 2 is 2.04 bits per heavy atom. The standard InChI is InChI=1S/C10H11N3.C9H18N2O3/c11-8-9-4-3-5-12-10(9)13-6-1-2-7-13;1-5-6(7(10)12)11-8(13)14-9(2,3)4/h3-5H,1-2,6-7H2;6H,5H2,1-4H3,(H2,10,12)(H,11,13)/t;6-/m.0/s1. The van der Waals surface area contributed by atoms with Crippen molar-refractivity contribution in [1.82, 2.24) is 10.3 Å². The van der Waals surface area contributed by atoms with E-state index in [4.69, 9.17) is 15.7 Å². The van der Waals surface area contributed by atoms with Gasteiger partial charge in [-0.05, 0) is 52.2 Å². The predicted molar refractivity (Wildman–Crippen MR) is 103 cm³/mol. The van der Waals surface area contributed by atoms with Gasteiger partial charge in [0.15, 0.2) is 0 Å². The van der Waals surface area contributed by atoms with Crippen LogP contribution in [0, 0.1) is 11.3 Å². The maximum atomic E-state index is 11.2. The van der Waals surface area contributed by atoms with Crippen LogP contribution in [0.3, 0.4) is 0 Å². The van der Waals surface area contributed by atoms with Gasteiger partial charge in [0.1, 0.15) is 23.5 Å². The van der Waals surface area contributed by atoms with Crippen LogP contribution in [0.5, 0.6) is 0 Å². The van der Waals surface area contributed by atoms with Crippen molar-refractivity contribution in [1.29, 1.82) is 5.26 Å². The molecule has 1 fully saturated rings. The van der Waals surface area contributed by atoms with Gasteiger partial charge in [-0.3, -0.25) is 4.79 Å². The summed E-state index contributed by atoms with van der Waals surface area (Å²) in [4.78, 5) is 28.4. The number of alkyl carbamates (subject to hydrolysis) is 1. The third-order valence-electron chi connectivity index (χ3n) is 3.76. The van der Waals surface area contributed by atoms with Crippen molar-refractivity contribution in [2.75, 3.05) is 18.0 Å². The average molecular weight is 375 g/mol. The Morgan fingerprint density at radius 3 is 2.52 bits per heavy atom. The highest BCUT2D eigenvalue weighted by Crippen LogP contribution is 2.20. The fourth-order valence-corrected chi connectivity index (χ4v) is 2.49. The number of pyridine rings is 1. The number of nitriles is 1. The Kier molecular flexibility index (Phi) is 8.52. The van der Waals surface area contributed by atoms with Crippen LogP contribution < -0.4 is 16.0 Å². The minimum Gasteiger partial charge on any atom is -0.444 e. The van der Waals surface area contributed by atoms with Crippen LogP contribution >= 0.6 is 0 Å². The van der Waals surface area contributed by atoms with Gasteiger partial charge in [-0.1, -0.05) is 6.92 Å². The highest BCUT2D eigenvalue weighted by molar-refractivity contribution is 5.84. The molecule has 8 heteroatoms. The van der Waals surface area contributed by atoms with E-state index in [-0.39, 0.29) is 0 Å². The van der Waals surface area contributed by atoms with Gasteiger partial charge < -0.3 is 20.7 Å². The first-order valence-electron chi connectivity index (χ1n) is 9.06. The monoisotopic (exact) mass is 375 g/mol. The van der Waals surface area contributed by atoms with Crippen molar-refractivity contribution in [2.45, 2.75) is 58.6 Å². The molecule has 1 aliphatic rings. The fourth-order valence-electron chi connectivity index (χ4n) is 2.49. The molecule has 0 aliphatic carbocycles. The molecule has 27 heavy (non-hydrogen) atoms. The predicted octanol–water partition coefficient (Wildman–Crippen LogP) is 2.33. The van der Waals surface area contributed by atoms with Gasteiger partial charge >= 0.3 is 6.09 Å². The lowest BCUT2D eigenvalue weighted by molar-refractivity contribution is -0.120. The SMILES string of the molecule is CC[C@H](NC(=O)OC(C)(C)C)C(N)=O.N#Cc1cccnc1N1CCCC1. The van der Waals surface area contributed by atoms with Crippen LogP contribution in [0.2, 0.25) is 0 Å². The number of nitrogens with zero attached hydrogens (tertiary/aromatic N) is 3. The first-order valence-corrected chi connectivity index (χ1v) is 9.06. The van der Waals surface area contributed by atoms with Crippen LogP contribution in [-0.2, 0) is 9.53 Å². The number of rotatable bonds is 4. The van der Waals surface area contributed by atoms with Crippen LogP contribution in [-0.4, -0.2) is 41.7 Å². The topological polar surface area (TPSA) is 121 Å². The largest absolute Gasteiger partial charge is 0.444 e. The van der Waals surface area contributed by atoms with E-state index < -0.39 is 23.6 Å². The second-order valence-electron chi connectivity index (χ2n) is 7.19. The molecule has 0 spiro atoms. The molecule has 8 nitrogen and oxygen atoms in total. The molecular weight excluding hydrogens is 346 g/mol. The van der Waals surface area contributed by atoms with Crippen molar-refractivity contribution in [3.63, 3.8) is 0 Å². The quantitative estimate of drug-likeness (QED) is 0.833. The number of aromatic nitrogens is 1. The lowest BCUT2D eigenvalue weighted by Crippen LogP contribution is -2.45. The zero-order chi connectivity index (χ0) is 20.4. The van der Waals surface area contributed by atoms with E-state index in [1.165, 1.54) is 12.8 Å². The smallest absolute Gasteiger partial charge is 0.408 e. The zero-order valence-electron chi connectivity index (χ0n) is 16.5. The normalized spacial score (nSPS) is 14.4. The number of primary amides is 1. The summed E-state index contributed by atoms with van der Waals surface area (Å²) >= 11 is 0. The number of carbonyl (C=O) groups excluding carboxylic acids is 2. The number of nitrogens with one attached hydrogen (secondary N) is 1. The zero-order valence-corrected chi connectivity index (χ0v) is 16.5. The molecular formula is C19H29N5O3. The number of hydrogen-bond donors (Lipinski definition) is 2. The Morgan fingerprint density at radius 1 is 1.41 bits per heavy atom. The van der Waals surface area contributed by atoms with E-state index in [9.17, 15) is 9.59 Å². The number of amides is 2. The first-order chi connectivity index (χ1) is 12.7. The molecule has 0 unspecified atom stereocenters. The molecule has 1 aromatic heterocycles. The molecule has 0 aromatic carbocycles. The van der Waals surface area contributed by atoms with E-state index in [1.807, 2.05) is 6.07 Å². The summed E-state index contributed by atoms with van der Waals surface area (Å²) in [7, 11) is 0.